The van der Waals surface area contributed by atoms with Crippen LogP contribution in [0.4, 0.5) is 10.5 Å². The number of hydrogen-bond donors (Lipinski definition) is 0. The van der Waals surface area contributed by atoms with Crippen LogP contribution in [0.25, 0.3) is 0 Å². The molecule has 1 aromatic rings. The van der Waals surface area contributed by atoms with E-state index < -0.39 is 28.4 Å². The molecule has 0 N–H and O–H groups in total. The Kier molecular flexibility index (Phi) is 5.05. The number of carbonyl (C=O) groups is 1. The Morgan fingerprint density at radius 3 is 2.65 bits per heavy atom. The minimum atomic E-state index is -1.74. The largest absolute Gasteiger partial charge is 0.443 e. The van der Waals surface area contributed by atoms with Gasteiger partial charge >= 0.3 is 6.09 Å². The molecule has 0 unspecified atom stereocenters. The summed E-state index contributed by atoms with van der Waals surface area (Å²) in [6, 6.07) is 6.37. The Hall–Kier alpha value is -2.92. The van der Waals surface area contributed by atoms with Crippen molar-refractivity contribution in [3.63, 3.8) is 0 Å². The van der Waals surface area contributed by atoms with Crippen molar-refractivity contribution in [1.82, 2.24) is 0 Å². The zero-order valence-corrected chi connectivity index (χ0v) is 15.2. The molecule has 0 spiro atoms. The standard InChI is InChI=1S/C18H21N3O5/c1-6-9-18(21(23)24)13-8-7-12(11-19)10-14(13)20(15(18)25-5)16(22)26-17(2,3)4/h6-8,10,15H,1,9H2,2-5H3/t15-,18-/m1/s1. The molecule has 8 heteroatoms. The number of benzene rings is 1. The van der Waals surface area contributed by atoms with E-state index in [4.69, 9.17) is 9.47 Å². The van der Waals surface area contributed by atoms with Gasteiger partial charge in [-0.1, -0.05) is 6.08 Å². The number of ether oxygens (including phenoxy) is 2. The summed E-state index contributed by atoms with van der Waals surface area (Å²) in [5, 5.41) is 21.3. The molecule has 0 saturated heterocycles. The second kappa shape index (κ2) is 6.77. The zero-order chi connectivity index (χ0) is 19.7. The number of carbonyl (C=O) groups excluding carboxylic acids is 1. The van der Waals surface area contributed by atoms with Gasteiger partial charge in [-0.25, -0.2) is 9.69 Å². The number of rotatable bonds is 4. The molecule has 0 saturated carbocycles. The first-order valence-electron chi connectivity index (χ1n) is 7.97. The number of nitro groups is 1. The van der Waals surface area contributed by atoms with Crippen molar-refractivity contribution in [3.05, 3.63) is 52.1 Å². The van der Waals surface area contributed by atoms with Crippen molar-refractivity contribution < 1.29 is 19.2 Å². The topological polar surface area (TPSA) is 106 Å². The van der Waals surface area contributed by atoms with Crippen LogP contribution in [-0.2, 0) is 15.0 Å². The number of nitriles is 1. The van der Waals surface area contributed by atoms with E-state index in [9.17, 15) is 20.2 Å². The fraction of sp³-hybridized carbons (Fsp3) is 0.444. The summed E-state index contributed by atoms with van der Waals surface area (Å²) in [5.41, 5.74) is -1.77. The molecule has 1 aliphatic rings. The lowest BCUT2D eigenvalue weighted by atomic mass is 9.87. The van der Waals surface area contributed by atoms with Crippen molar-refractivity contribution in [2.75, 3.05) is 12.0 Å². The van der Waals surface area contributed by atoms with Crippen molar-refractivity contribution in [2.45, 2.75) is 44.6 Å². The second-order valence-electron chi connectivity index (χ2n) is 6.96. The van der Waals surface area contributed by atoms with Crippen LogP contribution < -0.4 is 4.90 Å². The monoisotopic (exact) mass is 359 g/mol. The Labute approximate surface area is 151 Å². The number of fused-ring (bicyclic) bond motifs is 1. The smallest absolute Gasteiger partial charge is 0.417 e. The predicted molar refractivity (Wildman–Crippen MR) is 94.2 cm³/mol. The van der Waals surface area contributed by atoms with Crippen LogP contribution in [0, 0.1) is 21.4 Å². The van der Waals surface area contributed by atoms with E-state index in [0.29, 0.717) is 0 Å². The second-order valence-corrected chi connectivity index (χ2v) is 6.96. The number of nitrogens with zero attached hydrogens (tertiary/aromatic N) is 3. The van der Waals surface area contributed by atoms with Crippen molar-refractivity contribution in [2.24, 2.45) is 0 Å². The number of anilines is 1. The van der Waals surface area contributed by atoms with Gasteiger partial charge in [0.15, 0.2) is 0 Å². The highest BCUT2D eigenvalue weighted by Gasteiger charge is 2.63. The summed E-state index contributed by atoms with van der Waals surface area (Å²) in [6.07, 6.45) is -0.672. The SMILES string of the molecule is C=CC[C@@]1([N+](=O)[O-])c2ccc(C#N)cc2N(C(=O)OC(C)(C)C)[C@@H]1OC. The summed E-state index contributed by atoms with van der Waals surface area (Å²) in [7, 11) is 1.29. The van der Waals surface area contributed by atoms with Crippen LogP contribution in [-0.4, -0.2) is 30.0 Å². The number of hydrogen-bond acceptors (Lipinski definition) is 6. The molecule has 1 amide bonds. The van der Waals surface area contributed by atoms with Gasteiger partial charge in [-0.3, -0.25) is 10.1 Å². The van der Waals surface area contributed by atoms with E-state index >= 15 is 0 Å². The summed E-state index contributed by atoms with van der Waals surface area (Å²) in [4.78, 5) is 25.5. The van der Waals surface area contributed by atoms with Crippen molar-refractivity contribution in [3.8, 4) is 6.07 Å². The molecule has 2 atom stereocenters. The third-order valence-corrected chi connectivity index (χ3v) is 4.09. The molecule has 26 heavy (non-hydrogen) atoms. The molecule has 1 aromatic carbocycles. The highest BCUT2D eigenvalue weighted by molar-refractivity contribution is 5.92. The van der Waals surface area contributed by atoms with Gasteiger partial charge in [0.1, 0.15) is 5.60 Å². The molecular weight excluding hydrogens is 338 g/mol. The molecule has 0 radical (unpaired) electrons. The molecule has 8 nitrogen and oxygen atoms in total. The molecule has 2 rings (SSSR count). The maximum Gasteiger partial charge on any atom is 0.417 e. The molecule has 0 aliphatic carbocycles. The average molecular weight is 359 g/mol. The van der Waals surface area contributed by atoms with E-state index in [2.05, 4.69) is 6.58 Å². The maximum atomic E-state index is 12.8. The van der Waals surface area contributed by atoms with Gasteiger partial charge in [-0.2, -0.15) is 5.26 Å². The lowest BCUT2D eigenvalue weighted by molar-refractivity contribution is -0.590. The van der Waals surface area contributed by atoms with Crippen molar-refractivity contribution >= 4 is 11.8 Å². The first-order valence-corrected chi connectivity index (χ1v) is 7.97. The Bertz CT molecular complexity index is 793. The maximum absolute atomic E-state index is 12.8. The van der Waals surface area contributed by atoms with E-state index in [1.807, 2.05) is 6.07 Å². The normalized spacial score (nSPS) is 21.7. The Morgan fingerprint density at radius 2 is 2.19 bits per heavy atom. The average Bonchev–Trinajstić information content (AvgIpc) is 2.83. The van der Waals surface area contributed by atoms with Gasteiger partial charge in [0.05, 0.1) is 22.9 Å². The van der Waals surface area contributed by atoms with Gasteiger partial charge in [-0.05, 0) is 39.0 Å². The first kappa shape index (κ1) is 19.4. The van der Waals surface area contributed by atoms with Gasteiger partial charge in [0.25, 0.3) is 5.54 Å². The Balaban J connectivity index is 2.74. The lowest BCUT2D eigenvalue weighted by Gasteiger charge is -2.31. The molecule has 0 fully saturated rings. The van der Waals surface area contributed by atoms with Gasteiger partial charge < -0.3 is 9.47 Å². The van der Waals surface area contributed by atoms with Crippen LogP contribution in [0.3, 0.4) is 0 Å². The van der Waals surface area contributed by atoms with Crippen LogP contribution in [0.15, 0.2) is 30.9 Å². The fourth-order valence-electron chi connectivity index (χ4n) is 3.14. The fourth-order valence-corrected chi connectivity index (χ4v) is 3.14. The minimum absolute atomic E-state index is 0.0588. The molecular formula is C18H21N3O5. The van der Waals surface area contributed by atoms with E-state index in [1.54, 1.807) is 20.8 Å². The van der Waals surface area contributed by atoms with Gasteiger partial charge in [0.2, 0.25) is 6.23 Å². The Morgan fingerprint density at radius 1 is 1.54 bits per heavy atom. The zero-order valence-electron chi connectivity index (χ0n) is 15.2. The van der Waals surface area contributed by atoms with E-state index in [1.165, 1.54) is 31.4 Å². The van der Waals surface area contributed by atoms with Crippen LogP contribution in [0.5, 0.6) is 0 Å². The quantitative estimate of drug-likeness (QED) is 0.464. The van der Waals surface area contributed by atoms with Crippen LogP contribution >= 0.6 is 0 Å². The number of methoxy groups -OCH3 is 1. The predicted octanol–water partition coefficient (Wildman–Crippen LogP) is 3.33. The summed E-state index contributed by atoms with van der Waals surface area (Å²) in [6.45, 7) is 8.69. The third kappa shape index (κ3) is 3.02. The van der Waals surface area contributed by atoms with Gasteiger partial charge in [0, 0.05) is 18.5 Å². The molecule has 0 bridgehead atoms. The van der Waals surface area contributed by atoms with Crippen molar-refractivity contribution in [1.29, 1.82) is 5.26 Å². The van der Waals surface area contributed by atoms with Crippen LogP contribution in [0.2, 0.25) is 0 Å². The summed E-state index contributed by atoms with van der Waals surface area (Å²) < 4.78 is 10.8. The highest BCUT2D eigenvalue weighted by Crippen LogP contribution is 2.49. The van der Waals surface area contributed by atoms with E-state index in [0.717, 1.165) is 4.90 Å². The molecule has 1 heterocycles. The lowest BCUT2D eigenvalue weighted by Crippen LogP contribution is -2.53. The molecule has 1 aliphatic heterocycles. The summed E-state index contributed by atoms with van der Waals surface area (Å²) in [5.74, 6) is 0. The minimum Gasteiger partial charge on any atom is -0.443 e. The molecule has 0 aromatic heterocycles. The van der Waals surface area contributed by atoms with Gasteiger partial charge in [-0.15, -0.1) is 6.58 Å². The highest BCUT2D eigenvalue weighted by atomic mass is 16.6. The third-order valence-electron chi connectivity index (χ3n) is 4.09. The first-order chi connectivity index (χ1) is 12.1. The van der Waals surface area contributed by atoms with E-state index in [-0.39, 0.29) is 23.2 Å². The summed E-state index contributed by atoms with van der Waals surface area (Å²) >= 11 is 0. The molecule has 138 valence electrons. The number of amides is 1. The van der Waals surface area contributed by atoms with Crippen LogP contribution in [0.1, 0.15) is 38.3 Å².